The van der Waals surface area contributed by atoms with Crippen molar-refractivity contribution in [3.8, 4) is 0 Å². The number of nitrogens with zero attached hydrogens (tertiary/aromatic N) is 2. The maximum absolute atomic E-state index is 10.8. The lowest BCUT2D eigenvalue weighted by Crippen LogP contribution is -2.22. The molecule has 18 heavy (non-hydrogen) atoms. The largest absolute Gasteiger partial charge is 0.235 e. The van der Waals surface area contributed by atoms with E-state index in [0.29, 0.717) is 5.02 Å². The van der Waals surface area contributed by atoms with Crippen LogP contribution in [0.5, 0.6) is 0 Å². The number of thioether (sulfide) groups is 2. The highest BCUT2D eigenvalue weighted by molar-refractivity contribution is 8.42. The Morgan fingerprint density at radius 2 is 2.11 bits per heavy atom. The van der Waals surface area contributed by atoms with Gasteiger partial charge in [-0.05, 0) is 44.5 Å². The summed E-state index contributed by atoms with van der Waals surface area (Å²) in [6.45, 7) is 5.98. The first-order chi connectivity index (χ1) is 8.42. The molecule has 0 bridgehead atoms. The van der Waals surface area contributed by atoms with Crippen molar-refractivity contribution in [1.82, 2.24) is 0 Å². The maximum Gasteiger partial charge on any atom is 0.158 e. The second-order valence-electron chi connectivity index (χ2n) is 4.59. The molecule has 0 saturated carbocycles. The molecule has 1 saturated heterocycles. The molecule has 0 N–H and O–H groups in total. The van der Waals surface area contributed by atoms with E-state index < -0.39 is 0 Å². The molecule has 3 nitrogen and oxygen atoms in total. The Morgan fingerprint density at radius 3 is 2.67 bits per heavy atom. The summed E-state index contributed by atoms with van der Waals surface area (Å²) in [5.74, 6) is 0. The highest BCUT2D eigenvalue weighted by atomic mass is 35.5. The third-order valence-corrected chi connectivity index (χ3v) is 5.75. The zero-order valence-electron chi connectivity index (χ0n) is 10.3. The summed E-state index contributed by atoms with van der Waals surface area (Å²) in [7, 11) is 0. The molecule has 1 aromatic carbocycles. The number of hydrogen-bond acceptors (Lipinski definition) is 5. The standard InChI is InChI=1S/C12H13ClN2OS2/c1-7-6-8(13)4-5-9(7)14-11-17-10(15-16)12(2,3)18-11/h4-6,10H,1-3H3. The van der Waals surface area contributed by atoms with Gasteiger partial charge in [0.2, 0.25) is 0 Å². The normalized spacial score (nSPS) is 24.4. The summed E-state index contributed by atoms with van der Waals surface area (Å²) >= 11 is 8.93. The van der Waals surface area contributed by atoms with Crippen LogP contribution in [-0.4, -0.2) is 14.5 Å². The third-order valence-electron chi connectivity index (χ3n) is 2.62. The maximum atomic E-state index is 10.8. The molecule has 0 aliphatic carbocycles. The van der Waals surface area contributed by atoms with Crippen molar-refractivity contribution in [2.24, 2.45) is 10.2 Å². The van der Waals surface area contributed by atoms with Crippen LogP contribution in [-0.2, 0) is 0 Å². The Balaban J connectivity index is 2.28. The van der Waals surface area contributed by atoms with Gasteiger partial charge in [-0.15, -0.1) is 4.91 Å². The molecular weight excluding hydrogens is 288 g/mol. The van der Waals surface area contributed by atoms with Gasteiger partial charge in [0, 0.05) is 5.02 Å². The fourth-order valence-corrected chi connectivity index (χ4v) is 4.61. The van der Waals surface area contributed by atoms with Gasteiger partial charge >= 0.3 is 0 Å². The van der Waals surface area contributed by atoms with Crippen molar-refractivity contribution in [2.75, 3.05) is 0 Å². The van der Waals surface area contributed by atoms with E-state index in [1.807, 2.05) is 39.0 Å². The van der Waals surface area contributed by atoms with Crippen LogP contribution in [0, 0.1) is 11.8 Å². The highest BCUT2D eigenvalue weighted by Crippen LogP contribution is 2.48. The van der Waals surface area contributed by atoms with Gasteiger partial charge in [-0.3, -0.25) is 0 Å². The molecule has 1 aromatic rings. The number of hydrogen-bond donors (Lipinski definition) is 0. The number of nitroso groups, excluding NO2 is 1. The molecule has 0 spiro atoms. The topological polar surface area (TPSA) is 41.8 Å². The number of aryl methyl sites for hydroxylation is 1. The van der Waals surface area contributed by atoms with E-state index in [1.165, 1.54) is 11.8 Å². The SMILES string of the molecule is Cc1cc(Cl)ccc1N=C1SC(N=O)C(C)(C)S1. The van der Waals surface area contributed by atoms with E-state index in [4.69, 9.17) is 11.6 Å². The Hall–Kier alpha value is -0.520. The van der Waals surface area contributed by atoms with Crippen LogP contribution in [0.2, 0.25) is 5.02 Å². The molecule has 6 heteroatoms. The minimum Gasteiger partial charge on any atom is -0.235 e. The summed E-state index contributed by atoms with van der Waals surface area (Å²) in [5, 5.41) is 3.58. The predicted molar refractivity (Wildman–Crippen MR) is 82.1 cm³/mol. The minimum absolute atomic E-state index is 0.203. The van der Waals surface area contributed by atoms with Gasteiger partial charge in [-0.25, -0.2) is 4.99 Å². The fourth-order valence-electron chi connectivity index (χ4n) is 1.58. The minimum atomic E-state index is -0.283. The lowest BCUT2D eigenvalue weighted by molar-refractivity contribution is 0.689. The first kappa shape index (κ1) is 13.9. The quantitative estimate of drug-likeness (QED) is 0.723. The van der Waals surface area contributed by atoms with E-state index in [9.17, 15) is 4.91 Å². The Kier molecular flexibility index (Phi) is 4.04. The van der Waals surface area contributed by atoms with Crippen LogP contribution in [0.15, 0.2) is 28.4 Å². The van der Waals surface area contributed by atoms with Crippen LogP contribution < -0.4 is 0 Å². The van der Waals surface area contributed by atoms with E-state index in [-0.39, 0.29) is 10.1 Å². The average Bonchev–Trinajstić information content (AvgIpc) is 2.57. The van der Waals surface area contributed by atoms with E-state index in [2.05, 4.69) is 10.2 Å². The van der Waals surface area contributed by atoms with Gasteiger partial charge in [0.25, 0.3) is 0 Å². The van der Waals surface area contributed by atoms with Gasteiger partial charge in [0.1, 0.15) is 4.38 Å². The molecule has 1 aliphatic heterocycles. The second-order valence-corrected chi connectivity index (χ2v) is 8.00. The molecule has 1 unspecified atom stereocenters. The Morgan fingerprint density at radius 1 is 1.39 bits per heavy atom. The van der Waals surface area contributed by atoms with Crippen LogP contribution >= 0.6 is 35.1 Å². The molecule has 1 atom stereocenters. The van der Waals surface area contributed by atoms with Crippen LogP contribution in [0.1, 0.15) is 19.4 Å². The van der Waals surface area contributed by atoms with Crippen molar-refractivity contribution in [2.45, 2.75) is 30.9 Å². The lowest BCUT2D eigenvalue weighted by Gasteiger charge is -2.16. The third kappa shape index (κ3) is 2.90. The molecule has 0 aromatic heterocycles. The molecule has 0 radical (unpaired) electrons. The van der Waals surface area contributed by atoms with Crippen molar-refractivity contribution in [3.05, 3.63) is 33.7 Å². The van der Waals surface area contributed by atoms with E-state index in [1.54, 1.807) is 11.8 Å². The monoisotopic (exact) mass is 300 g/mol. The van der Waals surface area contributed by atoms with Crippen molar-refractivity contribution >= 4 is 45.2 Å². The van der Waals surface area contributed by atoms with Gasteiger partial charge in [-0.2, -0.15) is 0 Å². The highest BCUT2D eigenvalue weighted by Gasteiger charge is 2.41. The van der Waals surface area contributed by atoms with Crippen molar-refractivity contribution in [1.29, 1.82) is 0 Å². The van der Waals surface area contributed by atoms with Crippen LogP contribution in [0.25, 0.3) is 0 Å². The summed E-state index contributed by atoms with van der Waals surface area (Å²) in [4.78, 5) is 15.4. The van der Waals surface area contributed by atoms with Gasteiger partial charge < -0.3 is 0 Å². The van der Waals surface area contributed by atoms with Crippen LogP contribution in [0.3, 0.4) is 0 Å². The van der Waals surface area contributed by atoms with E-state index >= 15 is 0 Å². The van der Waals surface area contributed by atoms with E-state index in [0.717, 1.165) is 15.6 Å². The van der Waals surface area contributed by atoms with Gasteiger partial charge in [-0.1, -0.05) is 40.3 Å². The molecule has 1 heterocycles. The summed E-state index contributed by atoms with van der Waals surface area (Å²) < 4.78 is 0.681. The Bertz CT molecular complexity index is 517. The van der Waals surface area contributed by atoms with Crippen LogP contribution in [0.4, 0.5) is 5.69 Å². The molecule has 0 amide bonds. The number of benzene rings is 1. The number of rotatable bonds is 2. The fraction of sp³-hybridized carbons (Fsp3) is 0.417. The molecular formula is C12H13ClN2OS2. The summed E-state index contributed by atoms with van der Waals surface area (Å²) in [6, 6.07) is 5.59. The summed E-state index contributed by atoms with van der Waals surface area (Å²) in [5.41, 5.74) is 1.91. The van der Waals surface area contributed by atoms with Crippen molar-refractivity contribution in [3.63, 3.8) is 0 Å². The van der Waals surface area contributed by atoms with Crippen molar-refractivity contribution < 1.29 is 0 Å². The average molecular weight is 301 g/mol. The molecule has 1 aliphatic rings. The molecule has 1 fully saturated rings. The first-order valence-electron chi connectivity index (χ1n) is 5.45. The lowest BCUT2D eigenvalue weighted by atomic mass is 10.2. The van der Waals surface area contributed by atoms with Gasteiger partial charge in [0.05, 0.1) is 10.4 Å². The second kappa shape index (κ2) is 5.23. The first-order valence-corrected chi connectivity index (χ1v) is 7.53. The number of aliphatic imine (C=N–C) groups is 1. The zero-order valence-corrected chi connectivity index (χ0v) is 12.7. The van der Waals surface area contributed by atoms with Gasteiger partial charge in [0.15, 0.2) is 5.37 Å². The molecule has 2 rings (SSSR count). The zero-order chi connectivity index (χ0) is 13.3. The Labute approximate surface area is 120 Å². The smallest absolute Gasteiger partial charge is 0.158 e. The predicted octanol–water partition coefficient (Wildman–Crippen LogP) is 4.99. The summed E-state index contributed by atoms with van der Waals surface area (Å²) in [6.07, 6.45) is 0. The number of halogens is 1. The molecule has 96 valence electrons.